The molecule has 4 rings (SSSR count). The molecule has 0 aliphatic heterocycles. The lowest BCUT2D eigenvalue weighted by molar-refractivity contribution is 0.262. The molecule has 1 unspecified atom stereocenters. The molecule has 2 aromatic heterocycles. The number of hydrogen-bond acceptors (Lipinski definition) is 8. The molecule has 0 amide bonds. The van der Waals surface area contributed by atoms with E-state index >= 15 is 4.39 Å². The Labute approximate surface area is 251 Å². The smallest absolute Gasteiger partial charge is 0.339 e. The summed E-state index contributed by atoms with van der Waals surface area (Å²) in [5, 5.41) is 3.57. The molecule has 43 heavy (non-hydrogen) atoms. The lowest BCUT2D eigenvalue weighted by Crippen LogP contribution is -2.34. The van der Waals surface area contributed by atoms with Crippen LogP contribution in [0, 0.1) is 5.82 Å². The summed E-state index contributed by atoms with van der Waals surface area (Å²) in [5.41, 5.74) is 13.5. The fourth-order valence-corrected chi connectivity index (χ4v) is 6.17. The summed E-state index contributed by atoms with van der Waals surface area (Å²) in [6.45, 7) is 6.19. The lowest BCUT2D eigenvalue weighted by Gasteiger charge is -2.22. The number of aromatic amines is 1. The van der Waals surface area contributed by atoms with Gasteiger partial charge in [0.25, 0.3) is 0 Å². The second-order valence-corrected chi connectivity index (χ2v) is 12.4. The van der Waals surface area contributed by atoms with Gasteiger partial charge in [-0.2, -0.15) is 4.98 Å². The van der Waals surface area contributed by atoms with Gasteiger partial charge in [-0.25, -0.2) is 22.3 Å². The molecule has 0 radical (unpaired) electrons. The van der Waals surface area contributed by atoms with Gasteiger partial charge >= 0.3 is 5.69 Å². The van der Waals surface area contributed by atoms with Crippen molar-refractivity contribution in [1.29, 1.82) is 0 Å². The van der Waals surface area contributed by atoms with E-state index in [0.29, 0.717) is 48.5 Å². The quantitative estimate of drug-likeness (QED) is 0.129. The SMILES string of the molecule is CNCCC(C)NS(=O)(=O)c1ccc(-c2cc3cn(-c4ccc(CN(CCCN)CCCN)cc4)c(=O)nc3[nH]2)c(F)c1. The fraction of sp³-hybridized carbons (Fsp3) is 0.400. The van der Waals surface area contributed by atoms with Gasteiger partial charge in [0, 0.05) is 29.7 Å². The number of nitrogens with two attached hydrogens (primary N) is 2. The van der Waals surface area contributed by atoms with E-state index in [2.05, 4.69) is 24.9 Å². The van der Waals surface area contributed by atoms with E-state index in [-0.39, 0.29) is 16.5 Å². The molecule has 7 N–H and O–H groups in total. The van der Waals surface area contributed by atoms with Crippen molar-refractivity contribution < 1.29 is 12.8 Å². The predicted molar refractivity (Wildman–Crippen MR) is 168 cm³/mol. The minimum absolute atomic E-state index is 0.163. The number of H-pyrrole nitrogens is 1. The number of benzene rings is 2. The van der Waals surface area contributed by atoms with Gasteiger partial charge in [-0.3, -0.25) is 9.47 Å². The number of sulfonamides is 1. The topological polar surface area (TPSA) is 164 Å². The van der Waals surface area contributed by atoms with E-state index in [4.69, 9.17) is 11.5 Å². The molecule has 0 saturated heterocycles. The van der Waals surface area contributed by atoms with Gasteiger partial charge in [0.15, 0.2) is 0 Å². The van der Waals surface area contributed by atoms with Gasteiger partial charge in [0.1, 0.15) is 11.5 Å². The fourth-order valence-electron chi connectivity index (χ4n) is 4.88. The van der Waals surface area contributed by atoms with Crippen molar-refractivity contribution in [2.75, 3.05) is 39.8 Å². The molecule has 0 spiro atoms. The Morgan fingerprint density at radius 3 is 2.40 bits per heavy atom. The van der Waals surface area contributed by atoms with Crippen molar-refractivity contribution >= 4 is 21.1 Å². The van der Waals surface area contributed by atoms with Crippen molar-refractivity contribution in [3.8, 4) is 16.9 Å². The molecule has 13 heteroatoms. The number of fused-ring (bicyclic) bond motifs is 1. The van der Waals surface area contributed by atoms with Crippen LogP contribution >= 0.6 is 0 Å². The summed E-state index contributed by atoms with van der Waals surface area (Å²) in [6, 6.07) is 12.8. The minimum Gasteiger partial charge on any atom is -0.339 e. The van der Waals surface area contributed by atoms with Crippen molar-refractivity contribution in [2.45, 2.75) is 43.7 Å². The van der Waals surface area contributed by atoms with Crippen molar-refractivity contribution in [2.24, 2.45) is 11.5 Å². The maximum absolute atomic E-state index is 15.2. The Bertz CT molecular complexity index is 1660. The standard InChI is InChI=1S/C30H41FN8O3S/c1-21(11-14-34-2)37-43(41,42)25-9-10-26(27(31)18-25)28-17-23-20-39(30(40)36-29(23)35-28)24-7-5-22(6-8-24)19-38(15-3-12-32)16-4-13-33/h5-10,17-18,20-21,34,37H,3-4,11-16,19,32-33H2,1-2H3,(H,35,36,40). The summed E-state index contributed by atoms with van der Waals surface area (Å²) in [6.07, 6.45) is 4.06. The van der Waals surface area contributed by atoms with Gasteiger partial charge in [0.05, 0.1) is 16.3 Å². The van der Waals surface area contributed by atoms with Crippen molar-refractivity contribution in [3.05, 3.63) is 76.6 Å². The Hall–Kier alpha value is -3.46. The van der Waals surface area contributed by atoms with E-state index in [9.17, 15) is 13.2 Å². The van der Waals surface area contributed by atoms with Crippen molar-refractivity contribution in [3.63, 3.8) is 0 Å². The van der Waals surface area contributed by atoms with E-state index < -0.39 is 21.5 Å². The predicted octanol–water partition coefficient (Wildman–Crippen LogP) is 2.30. The summed E-state index contributed by atoms with van der Waals surface area (Å²) in [5.74, 6) is -0.713. The summed E-state index contributed by atoms with van der Waals surface area (Å²) >= 11 is 0. The van der Waals surface area contributed by atoms with E-state index in [1.54, 1.807) is 26.2 Å². The summed E-state index contributed by atoms with van der Waals surface area (Å²) < 4.78 is 44.7. The second-order valence-electron chi connectivity index (χ2n) is 10.7. The zero-order valence-corrected chi connectivity index (χ0v) is 25.5. The van der Waals surface area contributed by atoms with Crippen LogP contribution in [0.1, 0.15) is 31.7 Å². The highest BCUT2D eigenvalue weighted by molar-refractivity contribution is 7.89. The Kier molecular flexibility index (Phi) is 11.2. The maximum atomic E-state index is 15.2. The minimum atomic E-state index is -3.89. The molecule has 0 aliphatic carbocycles. The monoisotopic (exact) mass is 612 g/mol. The van der Waals surface area contributed by atoms with Crippen LogP contribution in [0.5, 0.6) is 0 Å². The molecular formula is C30H41FN8O3S. The molecule has 0 aliphatic rings. The normalized spacial score (nSPS) is 12.8. The zero-order valence-electron chi connectivity index (χ0n) is 24.6. The second kappa shape index (κ2) is 14.8. The van der Waals surface area contributed by atoms with Crippen molar-refractivity contribution in [1.82, 2.24) is 29.5 Å². The molecule has 1 atom stereocenters. The van der Waals surface area contributed by atoms with Crippen LogP contribution in [-0.2, 0) is 16.6 Å². The Balaban J connectivity index is 1.54. The average molecular weight is 613 g/mol. The molecule has 232 valence electrons. The molecular weight excluding hydrogens is 571 g/mol. The van der Waals surface area contributed by atoms with E-state index in [0.717, 1.165) is 44.1 Å². The number of nitrogens with one attached hydrogen (secondary N) is 3. The lowest BCUT2D eigenvalue weighted by atomic mass is 10.1. The number of rotatable bonds is 16. The third-order valence-corrected chi connectivity index (χ3v) is 8.80. The first-order chi connectivity index (χ1) is 20.6. The first kappa shape index (κ1) is 32.5. The first-order valence-corrected chi connectivity index (χ1v) is 15.9. The van der Waals surface area contributed by atoms with Crippen LogP contribution in [0.4, 0.5) is 4.39 Å². The molecule has 2 heterocycles. The highest BCUT2D eigenvalue weighted by Gasteiger charge is 2.20. The van der Waals surface area contributed by atoms with Crippen LogP contribution in [-0.4, -0.2) is 73.7 Å². The van der Waals surface area contributed by atoms with E-state index in [1.165, 1.54) is 16.7 Å². The molecule has 0 bridgehead atoms. The highest BCUT2D eigenvalue weighted by atomic mass is 32.2. The highest BCUT2D eigenvalue weighted by Crippen LogP contribution is 2.27. The van der Waals surface area contributed by atoms with Crippen LogP contribution in [0.2, 0.25) is 0 Å². The first-order valence-electron chi connectivity index (χ1n) is 14.5. The Morgan fingerprint density at radius 2 is 1.77 bits per heavy atom. The van der Waals surface area contributed by atoms with Crippen LogP contribution < -0.4 is 27.2 Å². The summed E-state index contributed by atoms with van der Waals surface area (Å²) in [7, 11) is -2.11. The van der Waals surface area contributed by atoms with Gasteiger partial charge in [0.2, 0.25) is 10.0 Å². The van der Waals surface area contributed by atoms with Crippen LogP contribution in [0.15, 0.2) is 64.4 Å². The van der Waals surface area contributed by atoms with Crippen LogP contribution in [0.3, 0.4) is 0 Å². The molecule has 2 aromatic carbocycles. The molecule has 4 aromatic rings. The largest absolute Gasteiger partial charge is 0.354 e. The number of nitrogens with zero attached hydrogens (tertiary/aromatic N) is 3. The zero-order chi connectivity index (χ0) is 31.0. The average Bonchev–Trinajstić information content (AvgIpc) is 3.39. The maximum Gasteiger partial charge on any atom is 0.354 e. The molecule has 0 saturated carbocycles. The number of aromatic nitrogens is 3. The van der Waals surface area contributed by atoms with E-state index in [1.807, 2.05) is 24.3 Å². The Morgan fingerprint density at radius 1 is 1.07 bits per heavy atom. The summed E-state index contributed by atoms with van der Waals surface area (Å²) in [4.78, 5) is 22.2. The third-order valence-electron chi connectivity index (χ3n) is 7.21. The van der Waals surface area contributed by atoms with Gasteiger partial charge in [-0.1, -0.05) is 12.1 Å². The third kappa shape index (κ3) is 8.34. The van der Waals surface area contributed by atoms with Crippen LogP contribution in [0.25, 0.3) is 28.0 Å². The number of hydrogen-bond donors (Lipinski definition) is 5. The molecule has 0 fully saturated rings. The van der Waals surface area contributed by atoms with Gasteiger partial charge in [-0.05, 0) is 108 Å². The van der Waals surface area contributed by atoms with Gasteiger partial charge < -0.3 is 21.8 Å². The van der Waals surface area contributed by atoms with Gasteiger partial charge in [-0.15, -0.1) is 0 Å². The number of halogens is 1. The molecule has 11 nitrogen and oxygen atoms in total.